The third kappa shape index (κ3) is 5.05. The first-order valence-corrected chi connectivity index (χ1v) is 10.5. The summed E-state index contributed by atoms with van der Waals surface area (Å²) in [7, 11) is 0. The molecule has 0 bridgehead atoms. The third-order valence-electron chi connectivity index (χ3n) is 5.27. The predicted molar refractivity (Wildman–Crippen MR) is 115 cm³/mol. The van der Waals surface area contributed by atoms with Gasteiger partial charge in [0.1, 0.15) is 17.1 Å². The molecule has 0 atom stereocenters. The number of rotatable bonds is 7. The fourth-order valence-electron chi connectivity index (χ4n) is 3.77. The van der Waals surface area contributed by atoms with Crippen molar-refractivity contribution in [2.45, 2.75) is 45.1 Å². The molecule has 2 aromatic rings. The summed E-state index contributed by atoms with van der Waals surface area (Å²) < 4.78 is 30.9. The normalized spacial score (nSPS) is 15.4. The summed E-state index contributed by atoms with van der Waals surface area (Å²) in [6, 6.07) is 11.1. The van der Waals surface area contributed by atoms with Crippen LogP contribution >= 0.6 is 0 Å². The second-order valence-corrected chi connectivity index (χ2v) is 7.73. The van der Waals surface area contributed by atoms with Gasteiger partial charge in [0.2, 0.25) is 5.91 Å². The van der Waals surface area contributed by atoms with Crippen LogP contribution in [0.2, 0.25) is 0 Å². The standard InChI is InChI=1S/C24H28FNO5/c1-4-30-22(27)18-15-17(9-10-21(18)31-16(2)3)26-23(28)24(11-13-29-14-12-24)19-7-5-6-8-20(19)25/h5-10,15-16H,4,11-14H2,1-3H3,(H,26,28). The fourth-order valence-corrected chi connectivity index (χ4v) is 3.77. The van der Waals surface area contributed by atoms with Crippen LogP contribution in [0.3, 0.4) is 0 Å². The maximum atomic E-state index is 14.6. The molecule has 0 unspecified atom stereocenters. The van der Waals surface area contributed by atoms with Gasteiger partial charge >= 0.3 is 5.97 Å². The van der Waals surface area contributed by atoms with Crippen molar-refractivity contribution in [2.24, 2.45) is 0 Å². The van der Waals surface area contributed by atoms with Crippen molar-refractivity contribution < 1.29 is 28.2 Å². The number of amides is 1. The van der Waals surface area contributed by atoms with Gasteiger partial charge in [-0.1, -0.05) is 18.2 Å². The van der Waals surface area contributed by atoms with E-state index in [4.69, 9.17) is 14.2 Å². The highest BCUT2D eigenvalue weighted by Crippen LogP contribution is 2.38. The number of hydrogen-bond acceptors (Lipinski definition) is 5. The van der Waals surface area contributed by atoms with Gasteiger partial charge in [0.15, 0.2) is 0 Å². The lowest BCUT2D eigenvalue weighted by atomic mass is 9.73. The van der Waals surface area contributed by atoms with Crippen molar-refractivity contribution in [1.82, 2.24) is 0 Å². The molecule has 0 spiro atoms. The molecule has 0 saturated carbocycles. The Hall–Kier alpha value is -2.93. The Morgan fingerprint density at radius 1 is 1.16 bits per heavy atom. The molecule has 0 radical (unpaired) electrons. The van der Waals surface area contributed by atoms with E-state index in [-0.39, 0.29) is 24.2 Å². The molecule has 7 heteroatoms. The van der Waals surface area contributed by atoms with Crippen LogP contribution in [0.4, 0.5) is 10.1 Å². The smallest absolute Gasteiger partial charge is 0.341 e. The lowest BCUT2D eigenvalue weighted by Gasteiger charge is -2.36. The van der Waals surface area contributed by atoms with E-state index in [1.807, 2.05) is 13.8 Å². The molecule has 31 heavy (non-hydrogen) atoms. The first-order valence-electron chi connectivity index (χ1n) is 10.5. The van der Waals surface area contributed by atoms with Crippen LogP contribution in [0.15, 0.2) is 42.5 Å². The highest BCUT2D eigenvalue weighted by molar-refractivity contribution is 6.01. The van der Waals surface area contributed by atoms with Gasteiger partial charge in [0.05, 0.1) is 18.1 Å². The van der Waals surface area contributed by atoms with Crippen molar-refractivity contribution >= 4 is 17.6 Å². The van der Waals surface area contributed by atoms with Gasteiger partial charge in [-0.2, -0.15) is 0 Å². The summed E-state index contributed by atoms with van der Waals surface area (Å²) in [5.41, 5.74) is -0.0753. The molecule has 1 saturated heterocycles. The average Bonchev–Trinajstić information content (AvgIpc) is 2.75. The molecular weight excluding hydrogens is 401 g/mol. The van der Waals surface area contributed by atoms with E-state index in [0.717, 1.165) is 0 Å². The summed E-state index contributed by atoms with van der Waals surface area (Å²) in [5.74, 6) is -0.925. The minimum Gasteiger partial charge on any atom is -0.490 e. The molecule has 2 aromatic carbocycles. The molecule has 1 N–H and O–H groups in total. The maximum absolute atomic E-state index is 14.6. The van der Waals surface area contributed by atoms with Crippen LogP contribution in [-0.2, 0) is 19.7 Å². The van der Waals surface area contributed by atoms with Gasteiger partial charge < -0.3 is 19.5 Å². The molecule has 1 heterocycles. The average molecular weight is 429 g/mol. The molecule has 3 rings (SSSR count). The summed E-state index contributed by atoms with van der Waals surface area (Å²) >= 11 is 0. The Bertz CT molecular complexity index is 937. The highest BCUT2D eigenvalue weighted by Gasteiger charge is 2.43. The van der Waals surface area contributed by atoms with E-state index in [9.17, 15) is 14.0 Å². The van der Waals surface area contributed by atoms with Gasteiger partial charge in [0.25, 0.3) is 0 Å². The zero-order valence-electron chi connectivity index (χ0n) is 18.1. The van der Waals surface area contributed by atoms with Crippen molar-refractivity contribution in [3.63, 3.8) is 0 Å². The monoisotopic (exact) mass is 429 g/mol. The lowest BCUT2D eigenvalue weighted by Crippen LogP contribution is -2.45. The zero-order chi connectivity index (χ0) is 22.4. The topological polar surface area (TPSA) is 73.9 Å². The molecule has 1 aliphatic rings. The van der Waals surface area contributed by atoms with Crippen LogP contribution in [0, 0.1) is 5.82 Å². The van der Waals surface area contributed by atoms with Crippen LogP contribution < -0.4 is 10.1 Å². The van der Waals surface area contributed by atoms with E-state index in [2.05, 4.69) is 5.32 Å². The van der Waals surface area contributed by atoms with E-state index in [1.54, 1.807) is 37.3 Å². The summed E-state index contributed by atoms with van der Waals surface area (Å²) in [4.78, 5) is 25.9. The van der Waals surface area contributed by atoms with Gasteiger partial charge in [-0.3, -0.25) is 4.79 Å². The van der Waals surface area contributed by atoms with Gasteiger partial charge in [-0.05, 0) is 57.9 Å². The van der Waals surface area contributed by atoms with Crippen molar-refractivity contribution in [1.29, 1.82) is 0 Å². The fraction of sp³-hybridized carbons (Fsp3) is 0.417. The van der Waals surface area contributed by atoms with E-state index in [1.165, 1.54) is 12.1 Å². The largest absolute Gasteiger partial charge is 0.490 e. The second-order valence-electron chi connectivity index (χ2n) is 7.73. The van der Waals surface area contributed by atoms with E-state index in [0.29, 0.717) is 43.1 Å². The molecule has 166 valence electrons. The van der Waals surface area contributed by atoms with E-state index >= 15 is 0 Å². The molecule has 0 aliphatic carbocycles. The minimum atomic E-state index is -1.05. The number of carbonyl (C=O) groups excluding carboxylic acids is 2. The molecule has 1 aliphatic heterocycles. The molecule has 1 amide bonds. The Morgan fingerprint density at radius 3 is 2.52 bits per heavy atom. The predicted octanol–water partition coefficient (Wildman–Crippen LogP) is 4.48. The zero-order valence-corrected chi connectivity index (χ0v) is 18.1. The summed E-state index contributed by atoms with van der Waals surface area (Å²) in [6.07, 6.45) is 0.582. The number of halogens is 1. The number of benzene rings is 2. The lowest BCUT2D eigenvalue weighted by molar-refractivity contribution is -0.125. The number of ether oxygens (including phenoxy) is 3. The quantitative estimate of drug-likeness (QED) is 0.657. The third-order valence-corrected chi connectivity index (χ3v) is 5.27. The second kappa shape index (κ2) is 9.92. The van der Waals surface area contributed by atoms with Crippen molar-refractivity contribution in [2.75, 3.05) is 25.1 Å². The number of anilines is 1. The number of esters is 1. The molecule has 1 fully saturated rings. The Kier molecular flexibility index (Phi) is 7.28. The number of nitrogens with one attached hydrogen (secondary N) is 1. The first-order chi connectivity index (χ1) is 14.9. The Labute approximate surface area is 181 Å². The Morgan fingerprint density at radius 2 is 1.87 bits per heavy atom. The molecule has 0 aromatic heterocycles. The van der Waals surface area contributed by atoms with Crippen LogP contribution in [-0.4, -0.2) is 37.8 Å². The summed E-state index contributed by atoms with van der Waals surface area (Å²) in [6.45, 7) is 6.36. The Balaban J connectivity index is 1.94. The highest BCUT2D eigenvalue weighted by atomic mass is 19.1. The maximum Gasteiger partial charge on any atom is 0.341 e. The van der Waals surface area contributed by atoms with Crippen molar-refractivity contribution in [3.8, 4) is 5.75 Å². The number of carbonyl (C=O) groups is 2. The molecule has 6 nitrogen and oxygen atoms in total. The van der Waals surface area contributed by atoms with Crippen LogP contribution in [0.1, 0.15) is 49.5 Å². The van der Waals surface area contributed by atoms with Gasteiger partial charge in [-0.25, -0.2) is 9.18 Å². The van der Waals surface area contributed by atoms with Crippen LogP contribution in [0.5, 0.6) is 5.75 Å². The SMILES string of the molecule is CCOC(=O)c1cc(NC(=O)C2(c3ccccc3F)CCOCC2)ccc1OC(C)C. The summed E-state index contributed by atoms with van der Waals surface area (Å²) in [5, 5.41) is 2.87. The van der Waals surface area contributed by atoms with Crippen molar-refractivity contribution in [3.05, 3.63) is 59.4 Å². The first kappa shape index (κ1) is 22.7. The van der Waals surface area contributed by atoms with Crippen LogP contribution in [0.25, 0.3) is 0 Å². The minimum absolute atomic E-state index is 0.139. The van der Waals surface area contributed by atoms with E-state index < -0.39 is 17.2 Å². The number of hydrogen-bond donors (Lipinski definition) is 1. The van der Waals surface area contributed by atoms with Gasteiger partial charge in [-0.15, -0.1) is 0 Å². The van der Waals surface area contributed by atoms with Gasteiger partial charge in [0, 0.05) is 24.5 Å². The molecular formula is C24H28FNO5.